The molecule has 0 saturated heterocycles. The standard InChI is InChI=1S/C25H19Cl2N3O4S/c1-33-20-12-16(11-19(27)22(20)34-14-15-5-3-2-4-6-15)13-21(24(31)32)35-25-28-23(29-30-25)17-7-9-18(26)10-8-17/h2-13H,14H2,1H3,(H,31,32)(H,28,29,30)/b21-13-. The minimum absolute atomic E-state index is 0.00253. The molecule has 4 rings (SSSR count). The zero-order valence-corrected chi connectivity index (χ0v) is 20.7. The number of H-pyrrole nitrogens is 1. The highest BCUT2D eigenvalue weighted by Gasteiger charge is 2.17. The number of thioether (sulfide) groups is 1. The quantitative estimate of drug-likeness (QED) is 0.187. The maximum absolute atomic E-state index is 11.9. The number of carboxylic acid groups (broad SMARTS) is 1. The molecule has 0 atom stereocenters. The number of carboxylic acids is 1. The molecule has 0 aliphatic rings. The topological polar surface area (TPSA) is 97.3 Å². The van der Waals surface area contributed by atoms with Crippen LogP contribution in [0.4, 0.5) is 0 Å². The zero-order chi connectivity index (χ0) is 24.8. The van der Waals surface area contributed by atoms with Crippen LogP contribution in [0, 0.1) is 0 Å². The molecule has 1 aromatic heterocycles. The number of benzene rings is 3. The number of rotatable bonds is 9. The van der Waals surface area contributed by atoms with Crippen LogP contribution in [0.1, 0.15) is 11.1 Å². The predicted molar refractivity (Wildman–Crippen MR) is 137 cm³/mol. The normalized spacial score (nSPS) is 11.3. The number of aromatic amines is 1. The fraction of sp³-hybridized carbons (Fsp3) is 0.0800. The van der Waals surface area contributed by atoms with Gasteiger partial charge in [0.15, 0.2) is 17.3 Å². The maximum Gasteiger partial charge on any atom is 0.342 e. The molecule has 0 bridgehead atoms. The van der Waals surface area contributed by atoms with Crippen LogP contribution in [0.3, 0.4) is 0 Å². The highest BCUT2D eigenvalue weighted by atomic mass is 35.5. The summed E-state index contributed by atoms with van der Waals surface area (Å²) in [6.45, 7) is 0.309. The summed E-state index contributed by atoms with van der Waals surface area (Å²) in [7, 11) is 1.49. The molecule has 0 radical (unpaired) electrons. The Hall–Kier alpha value is -3.46. The van der Waals surface area contributed by atoms with Gasteiger partial charge in [-0.2, -0.15) is 0 Å². The molecule has 7 nitrogen and oxygen atoms in total. The molecule has 35 heavy (non-hydrogen) atoms. The van der Waals surface area contributed by atoms with Gasteiger partial charge in [-0.05, 0) is 65.4 Å². The molecule has 0 saturated carbocycles. The third-order valence-electron chi connectivity index (χ3n) is 4.77. The third-order valence-corrected chi connectivity index (χ3v) is 6.18. The molecule has 0 fully saturated rings. The molecule has 0 aliphatic carbocycles. The lowest BCUT2D eigenvalue weighted by Gasteiger charge is -2.13. The first-order valence-corrected chi connectivity index (χ1v) is 11.9. The van der Waals surface area contributed by atoms with Gasteiger partial charge >= 0.3 is 5.97 Å². The molecule has 0 spiro atoms. The second kappa shape index (κ2) is 11.3. The number of ether oxygens (including phenoxy) is 2. The van der Waals surface area contributed by atoms with Gasteiger partial charge in [0.25, 0.3) is 0 Å². The molecule has 2 N–H and O–H groups in total. The van der Waals surface area contributed by atoms with Gasteiger partial charge in [-0.25, -0.2) is 9.78 Å². The van der Waals surface area contributed by atoms with Crippen LogP contribution < -0.4 is 9.47 Å². The van der Waals surface area contributed by atoms with E-state index in [-0.39, 0.29) is 10.1 Å². The number of nitrogens with one attached hydrogen (secondary N) is 1. The first kappa shape index (κ1) is 24.7. The molecule has 0 unspecified atom stereocenters. The monoisotopic (exact) mass is 527 g/mol. The minimum atomic E-state index is -1.13. The minimum Gasteiger partial charge on any atom is -0.493 e. The van der Waals surface area contributed by atoms with E-state index >= 15 is 0 Å². The average molecular weight is 528 g/mol. The van der Waals surface area contributed by atoms with Crippen LogP contribution in [0.25, 0.3) is 17.5 Å². The van der Waals surface area contributed by atoms with E-state index in [0.717, 1.165) is 22.9 Å². The van der Waals surface area contributed by atoms with Crippen molar-refractivity contribution in [2.45, 2.75) is 11.8 Å². The van der Waals surface area contributed by atoms with Crippen molar-refractivity contribution in [3.8, 4) is 22.9 Å². The summed E-state index contributed by atoms with van der Waals surface area (Å²) in [4.78, 5) is 16.3. The summed E-state index contributed by atoms with van der Waals surface area (Å²) in [5, 5.41) is 17.8. The Labute approximate surface area is 215 Å². The number of aliphatic carboxylic acids is 1. The van der Waals surface area contributed by atoms with E-state index in [9.17, 15) is 9.90 Å². The van der Waals surface area contributed by atoms with Gasteiger partial charge < -0.3 is 14.6 Å². The summed E-state index contributed by atoms with van der Waals surface area (Å²) in [6.07, 6.45) is 1.47. The van der Waals surface area contributed by atoms with Crippen LogP contribution in [0.2, 0.25) is 10.0 Å². The molecule has 3 aromatic carbocycles. The largest absolute Gasteiger partial charge is 0.493 e. The van der Waals surface area contributed by atoms with Crippen LogP contribution in [0.15, 0.2) is 76.8 Å². The summed E-state index contributed by atoms with van der Waals surface area (Å²) < 4.78 is 11.3. The van der Waals surface area contributed by atoms with E-state index < -0.39 is 5.97 Å². The molecular weight excluding hydrogens is 509 g/mol. The second-order valence-corrected chi connectivity index (χ2v) is 9.05. The molecule has 4 aromatic rings. The van der Waals surface area contributed by atoms with Gasteiger partial charge in [-0.15, -0.1) is 5.10 Å². The van der Waals surface area contributed by atoms with E-state index in [1.54, 1.807) is 36.4 Å². The SMILES string of the molecule is COc1cc(/C=C(\Sc2n[nH]c(-c3ccc(Cl)cc3)n2)C(=O)O)cc(Cl)c1OCc1ccccc1. The number of carbonyl (C=O) groups is 1. The summed E-state index contributed by atoms with van der Waals surface area (Å²) in [5.41, 5.74) is 2.28. The Bertz CT molecular complexity index is 1360. The molecule has 0 amide bonds. The van der Waals surface area contributed by atoms with Gasteiger partial charge in [0.2, 0.25) is 5.16 Å². The van der Waals surface area contributed by atoms with E-state index in [1.165, 1.54) is 13.2 Å². The Morgan fingerprint density at radius 1 is 1.11 bits per heavy atom. The Balaban J connectivity index is 1.55. The van der Waals surface area contributed by atoms with Crippen LogP contribution in [-0.2, 0) is 11.4 Å². The number of hydrogen-bond acceptors (Lipinski definition) is 6. The van der Waals surface area contributed by atoms with Crippen LogP contribution >= 0.6 is 35.0 Å². The van der Waals surface area contributed by atoms with Gasteiger partial charge in [0.1, 0.15) is 11.5 Å². The van der Waals surface area contributed by atoms with E-state index in [1.807, 2.05) is 30.3 Å². The fourth-order valence-corrected chi connectivity index (χ4v) is 4.21. The van der Waals surface area contributed by atoms with Gasteiger partial charge in [-0.1, -0.05) is 53.5 Å². The molecule has 1 heterocycles. The van der Waals surface area contributed by atoms with Crippen molar-refractivity contribution in [1.29, 1.82) is 0 Å². The lowest BCUT2D eigenvalue weighted by molar-refractivity contribution is -0.131. The molecule has 0 aliphatic heterocycles. The predicted octanol–water partition coefficient (Wildman–Crippen LogP) is 6.58. The number of hydrogen-bond donors (Lipinski definition) is 2. The zero-order valence-electron chi connectivity index (χ0n) is 18.4. The van der Waals surface area contributed by atoms with Crippen LogP contribution in [0.5, 0.6) is 11.5 Å². The van der Waals surface area contributed by atoms with Crippen molar-refractivity contribution >= 4 is 47.0 Å². The van der Waals surface area contributed by atoms with Gasteiger partial charge in [-0.3, -0.25) is 5.10 Å². The summed E-state index contributed by atoms with van der Waals surface area (Å²) in [5.74, 6) is 0.129. The first-order chi connectivity index (χ1) is 16.9. The number of methoxy groups -OCH3 is 1. The van der Waals surface area contributed by atoms with E-state index in [2.05, 4.69) is 15.2 Å². The number of nitrogens with zero attached hydrogens (tertiary/aromatic N) is 2. The molecule has 10 heteroatoms. The summed E-state index contributed by atoms with van der Waals surface area (Å²) >= 11 is 13.3. The van der Waals surface area contributed by atoms with Crippen molar-refractivity contribution in [3.05, 3.63) is 92.8 Å². The Kier molecular flexibility index (Phi) is 7.97. The van der Waals surface area contributed by atoms with Crippen molar-refractivity contribution in [2.24, 2.45) is 0 Å². The van der Waals surface area contributed by atoms with Crippen molar-refractivity contribution in [2.75, 3.05) is 7.11 Å². The Morgan fingerprint density at radius 2 is 1.86 bits per heavy atom. The van der Waals surface area contributed by atoms with Crippen molar-refractivity contribution in [1.82, 2.24) is 15.2 Å². The second-order valence-electron chi connectivity index (χ2n) is 7.20. The number of halogens is 2. The lowest BCUT2D eigenvalue weighted by atomic mass is 10.2. The van der Waals surface area contributed by atoms with Crippen molar-refractivity contribution < 1.29 is 19.4 Å². The highest BCUT2D eigenvalue weighted by molar-refractivity contribution is 8.04. The van der Waals surface area contributed by atoms with Crippen molar-refractivity contribution in [3.63, 3.8) is 0 Å². The first-order valence-electron chi connectivity index (χ1n) is 10.3. The van der Waals surface area contributed by atoms with E-state index in [4.69, 9.17) is 32.7 Å². The number of aromatic nitrogens is 3. The molecular formula is C25H19Cl2N3O4S. The fourth-order valence-electron chi connectivity index (χ4n) is 3.11. The smallest absolute Gasteiger partial charge is 0.342 e. The lowest BCUT2D eigenvalue weighted by Crippen LogP contribution is -2.00. The molecule has 178 valence electrons. The summed E-state index contributed by atoms with van der Waals surface area (Å²) in [6, 6.07) is 20.0. The van der Waals surface area contributed by atoms with E-state index in [0.29, 0.717) is 39.5 Å². The van der Waals surface area contributed by atoms with Gasteiger partial charge in [0, 0.05) is 10.6 Å². The Morgan fingerprint density at radius 3 is 2.54 bits per heavy atom. The highest BCUT2D eigenvalue weighted by Crippen LogP contribution is 2.38. The maximum atomic E-state index is 11.9. The average Bonchev–Trinajstić information content (AvgIpc) is 3.32. The third kappa shape index (κ3) is 6.36. The van der Waals surface area contributed by atoms with Gasteiger partial charge in [0.05, 0.1) is 12.1 Å². The van der Waals surface area contributed by atoms with Crippen LogP contribution in [-0.4, -0.2) is 33.4 Å².